The van der Waals surface area contributed by atoms with Crippen molar-refractivity contribution < 1.29 is 21.8 Å². The van der Waals surface area contributed by atoms with Gasteiger partial charge in [0.05, 0.1) is 17.5 Å². The Morgan fingerprint density at radius 3 is 2.56 bits per heavy atom. The molecule has 2 heterocycles. The topological polar surface area (TPSA) is 122 Å². The SMILES string of the molecule is [2H]C([2H])(C)[C@@](C)(OCP(=O)(O)O)C(C)(C)n1cnc2c(NC)nc(C)nc21. The van der Waals surface area contributed by atoms with Crippen molar-refractivity contribution in [1.29, 1.82) is 0 Å². The van der Waals surface area contributed by atoms with Crippen molar-refractivity contribution in [2.24, 2.45) is 0 Å². The quantitative estimate of drug-likeness (QED) is 0.632. The van der Waals surface area contributed by atoms with Gasteiger partial charge in [-0.25, -0.2) is 15.0 Å². The molecule has 0 saturated carbocycles. The molecule has 10 heteroatoms. The second-order valence-corrected chi connectivity index (χ2v) is 8.02. The minimum Gasteiger partial charge on any atom is -0.371 e. The number of fused-ring (bicyclic) bond motifs is 1. The van der Waals surface area contributed by atoms with E-state index in [1.165, 1.54) is 20.2 Å². The molecule has 9 nitrogen and oxygen atoms in total. The fourth-order valence-electron chi connectivity index (χ4n) is 2.59. The van der Waals surface area contributed by atoms with E-state index in [9.17, 15) is 14.4 Å². The van der Waals surface area contributed by atoms with E-state index in [0.717, 1.165) is 0 Å². The Labute approximate surface area is 149 Å². The second kappa shape index (κ2) is 6.64. The van der Waals surface area contributed by atoms with Crippen LogP contribution in [0.25, 0.3) is 11.2 Å². The van der Waals surface area contributed by atoms with Crippen molar-refractivity contribution in [2.45, 2.75) is 52.1 Å². The molecule has 25 heavy (non-hydrogen) atoms. The zero-order valence-electron chi connectivity index (χ0n) is 17.2. The molecule has 2 aromatic heterocycles. The molecule has 0 radical (unpaired) electrons. The normalized spacial score (nSPS) is 17.1. The van der Waals surface area contributed by atoms with Gasteiger partial charge in [0.25, 0.3) is 0 Å². The molecule has 0 bridgehead atoms. The third kappa shape index (κ3) is 3.69. The summed E-state index contributed by atoms with van der Waals surface area (Å²) in [4.78, 5) is 31.5. The molecule has 0 saturated heterocycles. The van der Waals surface area contributed by atoms with Crippen LogP contribution in [0.15, 0.2) is 6.33 Å². The molecule has 140 valence electrons. The van der Waals surface area contributed by atoms with Crippen LogP contribution in [0.4, 0.5) is 5.82 Å². The minimum absolute atomic E-state index is 0.465. The van der Waals surface area contributed by atoms with E-state index in [1.54, 1.807) is 32.4 Å². The lowest BCUT2D eigenvalue weighted by Gasteiger charge is -2.44. The van der Waals surface area contributed by atoms with Crippen LogP contribution in [0.3, 0.4) is 0 Å². The molecule has 0 aliphatic rings. The lowest BCUT2D eigenvalue weighted by molar-refractivity contribution is -0.0914. The van der Waals surface area contributed by atoms with E-state index in [4.69, 9.17) is 7.48 Å². The van der Waals surface area contributed by atoms with Gasteiger partial charge in [-0.3, -0.25) is 4.57 Å². The predicted octanol–water partition coefficient (Wildman–Crippen LogP) is 2.23. The van der Waals surface area contributed by atoms with Crippen molar-refractivity contribution in [3.05, 3.63) is 12.2 Å². The van der Waals surface area contributed by atoms with Gasteiger partial charge in [-0.2, -0.15) is 0 Å². The molecule has 0 unspecified atom stereocenters. The molecule has 1 atom stereocenters. The van der Waals surface area contributed by atoms with Crippen molar-refractivity contribution in [3.8, 4) is 0 Å². The Bertz CT molecular complexity index is 892. The van der Waals surface area contributed by atoms with Crippen molar-refractivity contribution in [2.75, 3.05) is 18.7 Å². The summed E-state index contributed by atoms with van der Waals surface area (Å²) in [7, 11) is -2.78. The van der Waals surface area contributed by atoms with E-state index < -0.39 is 31.5 Å². The number of imidazole rings is 1. The van der Waals surface area contributed by atoms with Gasteiger partial charge in [-0.15, -0.1) is 0 Å². The summed E-state index contributed by atoms with van der Waals surface area (Å²) in [6.45, 7) is 7.96. The molecule has 3 N–H and O–H groups in total. The first-order valence-corrected chi connectivity index (χ1v) is 9.52. The highest BCUT2D eigenvalue weighted by Crippen LogP contribution is 2.42. The van der Waals surface area contributed by atoms with E-state index in [1.807, 2.05) is 0 Å². The third-order valence-electron chi connectivity index (χ3n) is 4.51. The average Bonchev–Trinajstić information content (AvgIpc) is 2.93. The predicted molar refractivity (Wildman–Crippen MR) is 95.6 cm³/mol. The van der Waals surface area contributed by atoms with Crippen molar-refractivity contribution in [1.82, 2.24) is 19.5 Å². The monoisotopic (exact) mass is 373 g/mol. The van der Waals surface area contributed by atoms with Gasteiger partial charge in [0, 0.05) is 9.79 Å². The molecule has 0 amide bonds. The number of nitrogens with one attached hydrogen (secondary N) is 1. The minimum atomic E-state index is -4.50. The third-order valence-corrected chi connectivity index (χ3v) is 4.98. The van der Waals surface area contributed by atoms with E-state index >= 15 is 0 Å². The van der Waals surface area contributed by atoms with Crippen LogP contribution in [-0.2, 0) is 14.8 Å². The second-order valence-electron chi connectivity index (χ2n) is 6.44. The molecular weight excluding hydrogens is 345 g/mol. The van der Waals surface area contributed by atoms with Crippen LogP contribution in [0.2, 0.25) is 0 Å². The number of nitrogens with zero attached hydrogens (tertiary/aromatic N) is 4. The van der Waals surface area contributed by atoms with Crippen LogP contribution in [0.5, 0.6) is 0 Å². The van der Waals surface area contributed by atoms with Crippen LogP contribution >= 0.6 is 7.60 Å². The highest BCUT2D eigenvalue weighted by atomic mass is 31.2. The zero-order valence-corrected chi connectivity index (χ0v) is 16.1. The summed E-state index contributed by atoms with van der Waals surface area (Å²) >= 11 is 0. The van der Waals surface area contributed by atoms with Gasteiger partial charge in [-0.05, 0) is 34.1 Å². The summed E-state index contributed by atoms with van der Waals surface area (Å²) in [5, 5.41) is 2.95. The Balaban J connectivity index is 2.68. The first-order chi connectivity index (χ1) is 12.1. The average molecular weight is 373 g/mol. The van der Waals surface area contributed by atoms with Crippen molar-refractivity contribution >= 4 is 24.6 Å². The van der Waals surface area contributed by atoms with E-state index in [2.05, 4.69) is 20.3 Å². The van der Waals surface area contributed by atoms with Gasteiger partial charge in [0.1, 0.15) is 17.7 Å². The smallest absolute Gasteiger partial charge is 0.351 e. The summed E-state index contributed by atoms with van der Waals surface area (Å²) < 4.78 is 35.1. The lowest BCUT2D eigenvalue weighted by atomic mass is 9.81. The molecule has 0 aliphatic heterocycles. The Morgan fingerprint density at radius 1 is 1.40 bits per heavy atom. The summed E-state index contributed by atoms with van der Waals surface area (Å²) in [5.41, 5.74) is -1.76. The fourth-order valence-corrected chi connectivity index (χ4v) is 3.02. The zero-order chi connectivity index (χ0) is 20.8. The number of rotatable bonds is 7. The number of aromatic nitrogens is 4. The molecule has 0 fully saturated rings. The first kappa shape index (κ1) is 16.9. The van der Waals surface area contributed by atoms with Crippen molar-refractivity contribution in [3.63, 3.8) is 0 Å². The van der Waals surface area contributed by atoms with Crippen LogP contribution in [-0.4, -0.2) is 48.3 Å². The van der Waals surface area contributed by atoms with Crippen LogP contribution in [0.1, 0.15) is 42.6 Å². The van der Waals surface area contributed by atoms with E-state index in [-0.39, 0.29) is 0 Å². The summed E-state index contributed by atoms with van der Waals surface area (Å²) in [5.74, 6) is 1.03. The molecule has 2 rings (SSSR count). The van der Waals surface area contributed by atoms with Gasteiger partial charge in [-0.1, -0.05) is 6.92 Å². The summed E-state index contributed by atoms with van der Waals surface area (Å²) in [6.07, 6.45) is -1.34. The van der Waals surface area contributed by atoms with Gasteiger partial charge in [0.15, 0.2) is 11.5 Å². The van der Waals surface area contributed by atoms with Gasteiger partial charge >= 0.3 is 7.60 Å². The maximum Gasteiger partial charge on any atom is 0.351 e. The summed E-state index contributed by atoms with van der Waals surface area (Å²) in [6, 6.07) is 0. The standard InChI is InChI=1S/C15H26N5O4P/c1-7-15(5,24-9-25(21,22)23)14(3,4)20-8-17-11-12(16-6)18-10(2)19-13(11)20/h8H,7,9H2,1-6H3,(H,16,18,19)(H2,21,22,23)/t15-/m1/s1/i7D2. The number of hydrogen-bond donors (Lipinski definition) is 3. The highest BCUT2D eigenvalue weighted by molar-refractivity contribution is 7.51. The Morgan fingerprint density at radius 2 is 2.04 bits per heavy atom. The number of anilines is 1. The highest BCUT2D eigenvalue weighted by Gasteiger charge is 2.44. The van der Waals surface area contributed by atoms with E-state index in [0.29, 0.717) is 22.8 Å². The maximum atomic E-state index is 11.4. The molecule has 2 aromatic rings. The van der Waals surface area contributed by atoms with Gasteiger partial charge < -0.3 is 24.4 Å². The largest absolute Gasteiger partial charge is 0.371 e. The molecule has 0 spiro atoms. The number of aryl methyl sites for hydroxylation is 1. The molecule has 0 aliphatic carbocycles. The molecular formula is C15H26N5O4P. The number of ether oxygens (including phenoxy) is 1. The maximum absolute atomic E-state index is 11.4. The first-order valence-electron chi connectivity index (χ1n) is 8.72. The lowest BCUT2D eigenvalue weighted by Crippen LogP contribution is -2.51. The Kier molecular flexibility index (Phi) is 4.49. The molecule has 0 aromatic carbocycles. The van der Waals surface area contributed by atoms with Gasteiger partial charge in [0.2, 0.25) is 0 Å². The fraction of sp³-hybridized carbons (Fsp3) is 0.667. The van der Waals surface area contributed by atoms with Crippen LogP contribution < -0.4 is 5.32 Å². The Hall–Kier alpha value is -1.54. The number of hydrogen-bond acceptors (Lipinski definition) is 6. The van der Waals surface area contributed by atoms with Crippen LogP contribution in [0, 0.1) is 6.92 Å².